The molecule has 0 nitrogen and oxygen atoms in total. The summed E-state index contributed by atoms with van der Waals surface area (Å²) in [7, 11) is 0. The molecule has 0 aliphatic carbocycles. The molecule has 0 aromatic rings. The zero-order valence-corrected chi connectivity index (χ0v) is 13.1. The zero-order chi connectivity index (χ0) is 19.5. The molecule has 1 unspecified atom stereocenters. The van der Waals surface area contributed by atoms with Crippen LogP contribution in [0.4, 0.5) is 57.1 Å². The van der Waals surface area contributed by atoms with Crippen LogP contribution in [0, 0.1) is 0 Å². The summed E-state index contributed by atoms with van der Waals surface area (Å²) in [5.74, 6) is -37.1. The predicted molar refractivity (Wildman–Crippen MR) is 59.1 cm³/mol. The molecule has 0 spiro atoms. The van der Waals surface area contributed by atoms with Gasteiger partial charge in [0.25, 0.3) is 0 Å². The average molecular weight is 508 g/mol. The Morgan fingerprint density at radius 3 is 0.957 bits per heavy atom. The standard InChI is InChI=1S/C8H3ClF13I/c1-2(9,23)3(10,11)4(12,13)5(14,15)6(16,17)7(18,19)8(20,21)22/h1H3. The summed E-state index contributed by atoms with van der Waals surface area (Å²) in [6, 6.07) is 0. The van der Waals surface area contributed by atoms with E-state index < -0.39 is 38.7 Å². The molecule has 1 atom stereocenters. The predicted octanol–water partition coefficient (Wildman–Crippen LogP) is 6.12. The zero-order valence-electron chi connectivity index (χ0n) is 10.2. The summed E-state index contributed by atoms with van der Waals surface area (Å²) in [5, 5.41) is 0. The van der Waals surface area contributed by atoms with Crippen LogP contribution in [0.5, 0.6) is 0 Å². The van der Waals surface area contributed by atoms with Crippen LogP contribution < -0.4 is 0 Å². The van der Waals surface area contributed by atoms with Gasteiger partial charge in [-0.3, -0.25) is 0 Å². The van der Waals surface area contributed by atoms with Gasteiger partial charge in [0.15, 0.2) is 2.88 Å². The summed E-state index contributed by atoms with van der Waals surface area (Å²) in [4.78, 5) is 0. The summed E-state index contributed by atoms with van der Waals surface area (Å²) in [5.41, 5.74) is 0. The maximum absolute atomic E-state index is 13.2. The lowest BCUT2D eigenvalue weighted by molar-refractivity contribution is -0.439. The van der Waals surface area contributed by atoms with Crippen molar-refractivity contribution in [2.45, 2.75) is 45.6 Å². The van der Waals surface area contributed by atoms with Crippen LogP contribution in [-0.2, 0) is 0 Å². The topological polar surface area (TPSA) is 0 Å². The molecule has 140 valence electrons. The van der Waals surface area contributed by atoms with Crippen molar-refractivity contribution in [2.75, 3.05) is 0 Å². The molecule has 23 heavy (non-hydrogen) atoms. The second-order valence-corrected chi connectivity index (χ2v) is 7.81. The third kappa shape index (κ3) is 3.05. The molecule has 0 heterocycles. The van der Waals surface area contributed by atoms with Crippen molar-refractivity contribution >= 4 is 34.2 Å². The van der Waals surface area contributed by atoms with Crippen LogP contribution in [0.1, 0.15) is 6.92 Å². The van der Waals surface area contributed by atoms with E-state index in [4.69, 9.17) is 0 Å². The largest absolute Gasteiger partial charge is 0.460 e. The third-order valence-electron chi connectivity index (χ3n) is 2.48. The molecule has 0 aromatic heterocycles. The highest BCUT2D eigenvalue weighted by Crippen LogP contribution is 2.63. The molecular formula is C8H3ClF13I. The molecule has 0 amide bonds. The third-order valence-corrected chi connectivity index (χ3v) is 3.40. The van der Waals surface area contributed by atoms with Gasteiger partial charge in [-0.1, -0.05) is 22.6 Å². The van der Waals surface area contributed by atoms with Crippen LogP contribution >= 0.6 is 34.2 Å². The van der Waals surface area contributed by atoms with Crippen LogP contribution in [0.2, 0.25) is 0 Å². The summed E-state index contributed by atoms with van der Waals surface area (Å²) in [6.45, 7) is -0.0703. The van der Waals surface area contributed by atoms with Crippen LogP contribution in [0.3, 0.4) is 0 Å². The van der Waals surface area contributed by atoms with Gasteiger partial charge in [0.1, 0.15) is 0 Å². The molecule has 0 aliphatic heterocycles. The molecular weight excluding hydrogens is 505 g/mol. The minimum atomic E-state index is -7.90. The second-order valence-electron chi connectivity index (χ2n) is 4.26. The maximum atomic E-state index is 13.2. The van der Waals surface area contributed by atoms with E-state index in [0.717, 1.165) is 0 Å². The van der Waals surface area contributed by atoms with Crippen molar-refractivity contribution in [1.82, 2.24) is 0 Å². The molecule has 0 aromatic carbocycles. The van der Waals surface area contributed by atoms with E-state index in [1.54, 1.807) is 0 Å². The van der Waals surface area contributed by atoms with Crippen molar-refractivity contribution in [3.8, 4) is 0 Å². The highest BCUT2D eigenvalue weighted by molar-refractivity contribution is 14.1. The van der Waals surface area contributed by atoms with E-state index in [-0.39, 0.29) is 29.5 Å². The van der Waals surface area contributed by atoms with E-state index in [9.17, 15) is 57.1 Å². The smallest absolute Gasteiger partial charge is 0.197 e. The van der Waals surface area contributed by atoms with Gasteiger partial charge in [-0.2, -0.15) is 57.1 Å². The van der Waals surface area contributed by atoms with Gasteiger partial charge >= 0.3 is 35.8 Å². The molecule has 0 N–H and O–H groups in total. The van der Waals surface area contributed by atoms with Gasteiger partial charge in [0.05, 0.1) is 0 Å². The first-order valence-corrected chi connectivity index (χ1v) is 6.29. The van der Waals surface area contributed by atoms with E-state index in [2.05, 4.69) is 11.6 Å². The second kappa shape index (κ2) is 5.56. The molecule has 0 rings (SSSR count). The van der Waals surface area contributed by atoms with Crippen LogP contribution in [0.15, 0.2) is 0 Å². The Bertz CT molecular complexity index is 406. The SMILES string of the molecule is CC(Cl)(I)C(F)(F)C(F)(F)C(F)(F)C(F)(F)C(F)(F)C(F)(F)F. The van der Waals surface area contributed by atoms with Crippen LogP contribution in [-0.4, -0.2) is 38.7 Å². The van der Waals surface area contributed by atoms with Crippen molar-refractivity contribution in [3.05, 3.63) is 0 Å². The molecule has 0 bridgehead atoms. The fourth-order valence-electron chi connectivity index (χ4n) is 1.05. The molecule has 0 saturated carbocycles. The van der Waals surface area contributed by atoms with Gasteiger partial charge in [0.2, 0.25) is 0 Å². The van der Waals surface area contributed by atoms with Crippen molar-refractivity contribution in [1.29, 1.82) is 0 Å². The fourth-order valence-corrected chi connectivity index (χ4v) is 1.50. The molecule has 0 radical (unpaired) electrons. The van der Waals surface area contributed by atoms with Crippen molar-refractivity contribution < 1.29 is 57.1 Å². The lowest BCUT2D eigenvalue weighted by Crippen LogP contribution is -2.72. The van der Waals surface area contributed by atoms with Gasteiger partial charge in [-0.15, -0.1) is 11.6 Å². The van der Waals surface area contributed by atoms with Gasteiger partial charge < -0.3 is 0 Å². The minimum absolute atomic E-state index is 0.0703. The van der Waals surface area contributed by atoms with E-state index in [1.807, 2.05) is 0 Å². The number of hydrogen-bond acceptors (Lipinski definition) is 0. The van der Waals surface area contributed by atoms with Gasteiger partial charge in [-0.25, -0.2) is 0 Å². The van der Waals surface area contributed by atoms with E-state index >= 15 is 0 Å². The lowest BCUT2D eigenvalue weighted by Gasteiger charge is -2.42. The van der Waals surface area contributed by atoms with Crippen molar-refractivity contribution in [3.63, 3.8) is 0 Å². The first kappa shape index (κ1) is 23.1. The molecule has 0 saturated heterocycles. The highest BCUT2D eigenvalue weighted by atomic mass is 127. The lowest BCUT2D eigenvalue weighted by atomic mass is 9.93. The average Bonchev–Trinajstić information content (AvgIpc) is 2.24. The quantitative estimate of drug-likeness (QED) is 0.239. The summed E-state index contributed by atoms with van der Waals surface area (Å²) < 4.78 is 161. The van der Waals surface area contributed by atoms with E-state index in [1.165, 1.54) is 0 Å². The maximum Gasteiger partial charge on any atom is 0.460 e. The number of alkyl halides is 15. The Labute approximate surface area is 137 Å². The number of rotatable bonds is 5. The van der Waals surface area contributed by atoms with Crippen molar-refractivity contribution in [2.24, 2.45) is 0 Å². The fraction of sp³-hybridized carbons (Fsp3) is 1.00. The Balaban J connectivity index is 6.37. The minimum Gasteiger partial charge on any atom is -0.197 e. The highest BCUT2D eigenvalue weighted by Gasteiger charge is 2.92. The number of hydrogen-bond donors (Lipinski definition) is 0. The van der Waals surface area contributed by atoms with Gasteiger partial charge in [-0.05, 0) is 6.92 Å². The summed E-state index contributed by atoms with van der Waals surface area (Å²) >= 11 is 4.84. The first-order chi connectivity index (χ1) is 9.50. The molecule has 0 fully saturated rings. The Morgan fingerprint density at radius 2 is 0.739 bits per heavy atom. The first-order valence-electron chi connectivity index (χ1n) is 4.83. The Morgan fingerprint density at radius 1 is 0.522 bits per heavy atom. The molecule has 0 aliphatic rings. The molecule has 15 heteroatoms. The monoisotopic (exact) mass is 508 g/mol. The van der Waals surface area contributed by atoms with Crippen LogP contribution in [0.25, 0.3) is 0 Å². The Kier molecular flexibility index (Phi) is 5.58. The Hall–Kier alpha value is 0.110. The number of halogens is 15. The summed E-state index contributed by atoms with van der Waals surface area (Å²) in [6.07, 6.45) is -7.42. The van der Waals surface area contributed by atoms with Gasteiger partial charge in [0, 0.05) is 0 Å². The normalized spacial score (nSPS) is 18.8. The van der Waals surface area contributed by atoms with E-state index in [0.29, 0.717) is 0 Å².